The molecule has 2 aromatic rings. The van der Waals surface area contributed by atoms with Gasteiger partial charge in [-0.1, -0.05) is 43.7 Å². The molecule has 1 aliphatic heterocycles. The molecular formula is C20H22N2O3. The van der Waals surface area contributed by atoms with Crippen molar-refractivity contribution in [1.29, 1.82) is 0 Å². The van der Waals surface area contributed by atoms with Gasteiger partial charge in [0.25, 0.3) is 5.91 Å². The van der Waals surface area contributed by atoms with E-state index in [1.54, 1.807) is 6.07 Å². The molecular weight excluding hydrogens is 316 g/mol. The van der Waals surface area contributed by atoms with Crippen LogP contribution in [0.5, 0.6) is 0 Å². The lowest BCUT2D eigenvalue weighted by Crippen LogP contribution is -2.43. The maximum atomic E-state index is 12.7. The van der Waals surface area contributed by atoms with Gasteiger partial charge < -0.3 is 10.0 Å². The summed E-state index contributed by atoms with van der Waals surface area (Å²) in [5, 5.41) is 8.91. The maximum Gasteiger partial charge on any atom is 0.354 e. The zero-order valence-corrected chi connectivity index (χ0v) is 14.3. The Balaban J connectivity index is 1.72. The van der Waals surface area contributed by atoms with E-state index in [0.29, 0.717) is 23.9 Å². The number of carbonyl (C=O) groups excluding carboxylic acids is 1. The number of carboxylic acid groups (broad SMARTS) is 1. The molecule has 1 aromatic heterocycles. The predicted octanol–water partition coefficient (Wildman–Crippen LogP) is 3.44. The first-order chi connectivity index (χ1) is 12.1. The van der Waals surface area contributed by atoms with Crippen molar-refractivity contribution in [1.82, 2.24) is 9.88 Å². The minimum Gasteiger partial charge on any atom is -0.477 e. The normalized spacial score (nSPS) is 20.3. The zero-order chi connectivity index (χ0) is 17.8. The molecule has 1 aliphatic rings. The van der Waals surface area contributed by atoms with Crippen molar-refractivity contribution in [3.63, 3.8) is 0 Å². The first-order valence-corrected chi connectivity index (χ1v) is 8.63. The van der Waals surface area contributed by atoms with E-state index in [1.165, 1.54) is 17.8 Å². The average Bonchev–Trinajstić information content (AvgIpc) is 2.67. The lowest BCUT2D eigenvalue weighted by atomic mass is 9.79. The van der Waals surface area contributed by atoms with Gasteiger partial charge in [0.2, 0.25) is 0 Å². The molecule has 0 spiro atoms. The van der Waals surface area contributed by atoms with Crippen LogP contribution in [-0.2, 0) is 0 Å². The van der Waals surface area contributed by atoms with E-state index in [2.05, 4.69) is 36.2 Å². The lowest BCUT2D eigenvalue weighted by Gasteiger charge is -2.38. The number of piperidine rings is 1. The molecule has 5 heteroatoms. The van der Waals surface area contributed by atoms with Crippen LogP contribution in [0, 0.1) is 5.92 Å². The number of carboxylic acids is 1. The minimum atomic E-state index is -1.09. The number of amides is 1. The van der Waals surface area contributed by atoms with Gasteiger partial charge in [-0.15, -0.1) is 0 Å². The SMILES string of the molecule is CCC1CN(C(=O)c2ccc(C(=O)O)nc2)CCC1c1ccccc1. The van der Waals surface area contributed by atoms with Gasteiger partial charge in [0.15, 0.2) is 0 Å². The number of aromatic nitrogens is 1. The van der Waals surface area contributed by atoms with E-state index in [-0.39, 0.29) is 11.6 Å². The number of benzene rings is 1. The van der Waals surface area contributed by atoms with Gasteiger partial charge in [-0.3, -0.25) is 4.79 Å². The van der Waals surface area contributed by atoms with E-state index >= 15 is 0 Å². The summed E-state index contributed by atoms with van der Waals surface area (Å²) in [4.78, 5) is 29.3. The van der Waals surface area contributed by atoms with Crippen LogP contribution in [0.4, 0.5) is 0 Å². The zero-order valence-electron chi connectivity index (χ0n) is 14.3. The van der Waals surface area contributed by atoms with Crippen molar-refractivity contribution in [2.24, 2.45) is 5.92 Å². The van der Waals surface area contributed by atoms with Gasteiger partial charge >= 0.3 is 5.97 Å². The second-order valence-corrected chi connectivity index (χ2v) is 6.46. The highest BCUT2D eigenvalue weighted by Crippen LogP contribution is 2.35. The summed E-state index contributed by atoms with van der Waals surface area (Å²) in [7, 11) is 0. The Kier molecular flexibility index (Phi) is 5.12. The number of hydrogen-bond donors (Lipinski definition) is 1. The third kappa shape index (κ3) is 3.71. The maximum absolute atomic E-state index is 12.7. The first kappa shape index (κ1) is 17.1. The number of aromatic carboxylic acids is 1. The number of pyridine rings is 1. The fourth-order valence-electron chi connectivity index (χ4n) is 3.60. The van der Waals surface area contributed by atoms with Crippen LogP contribution in [0.25, 0.3) is 0 Å². The van der Waals surface area contributed by atoms with Gasteiger partial charge in [-0.25, -0.2) is 9.78 Å². The van der Waals surface area contributed by atoms with Gasteiger partial charge in [0.05, 0.1) is 5.56 Å². The lowest BCUT2D eigenvalue weighted by molar-refractivity contribution is 0.0640. The summed E-state index contributed by atoms with van der Waals surface area (Å²) in [6.07, 6.45) is 3.31. The second-order valence-electron chi connectivity index (χ2n) is 6.46. The molecule has 0 saturated carbocycles. The van der Waals surface area contributed by atoms with Gasteiger partial charge in [0, 0.05) is 19.3 Å². The Labute approximate surface area is 147 Å². The first-order valence-electron chi connectivity index (χ1n) is 8.63. The van der Waals surface area contributed by atoms with Crippen molar-refractivity contribution < 1.29 is 14.7 Å². The van der Waals surface area contributed by atoms with Gasteiger partial charge in [0.1, 0.15) is 5.69 Å². The summed E-state index contributed by atoms with van der Waals surface area (Å²) in [6, 6.07) is 13.4. The van der Waals surface area contributed by atoms with Gasteiger partial charge in [-0.05, 0) is 36.0 Å². The monoisotopic (exact) mass is 338 g/mol. The van der Waals surface area contributed by atoms with Crippen LogP contribution in [0.15, 0.2) is 48.7 Å². The van der Waals surface area contributed by atoms with Crippen molar-refractivity contribution in [3.8, 4) is 0 Å². The molecule has 0 radical (unpaired) electrons. The van der Waals surface area contributed by atoms with E-state index in [9.17, 15) is 9.59 Å². The summed E-state index contributed by atoms with van der Waals surface area (Å²) in [5.41, 5.74) is 1.73. The molecule has 0 bridgehead atoms. The minimum absolute atomic E-state index is 0.0502. The largest absolute Gasteiger partial charge is 0.477 e. The van der Waals surface area contributed by atoms with Crippen LogP contribution in [0.3, 0.4) is 0 Å². The van der Waals surface area contributed by atoms with E-state index in [4.69, 9.17) is 5.11 Å². The summed E-state index contributed by atoms with van der Waals surface area (Å²) >= 11 is 0. The smallest absolute Gasteiger partial charge is 0.354 e. The molecule has 2 heterocycles. The van der Waals surface area contributed by atoms with Crippen molar-refractivity contribution in [3.05, 3.63) is 65.5 Å². The molecule has 1 fully saturated rings. The Morgan fingerprint density at radius 3 is 2.56 bits per heavy atom. The molecule has 1 amide bonds. The fraction of sp³-hybridized carbons (Fsp3) is 0.350. The van der Waals surface area contributed by atoms with E-state index in [0.717, 1.165) is 19.4 Å². The van der Waals surface area contributed by atoms with E-state index in [1.807, 2.05) is 11.0 Å². The quantitative estimate of drug-likeness (QED) is 0.927. The fourth-order valence-corrected chi connectivity index (χ4v) is 3.60. The number of carbonyl (C=O) groups is 2. The average molecular weight is 338 g/mol. The van der Waals surface area contributed by atoms with E-state index < -0.39 is 5.97 Å². The molecule has 2 atom stereocenters. The molecule has 130 valence electrons. The summed E-state index contributed by atoms with van der Waals surface area (Å²) < 4.78 is 0. The predicted molar refractivity (Wildman–Crippen MR) is 94.7 cm³/mol. The highest BCUT2D eigenvalue weighted by Gasteiger charge is 2.31. The Bertz CT molecular complexity index is 743. The second kappa shape index (κ2) is 7.47. The number of rotatable bonds is 4. The number of likely N-dealkylation sites (tertiary alicyclic amines) is 1. The van der Waals surface area contributed by atoms with Crippen LogP contribution in [0.1, 0.15) is 52.1 Å². The van der Waals surface area contributed by atoms with Crippen LogP contribution >= 0.6 is 0 Å². The standard InChI is InChI=1S/C20H22N2O3/c1-2-14-13-22(11-10-17(14)15-6-4-3-5-7-15)19(23)16-8-9-18(20(24)25)21-12-16/h3-9,12,14,17H,2,10-11,13H2,1H3,(H,24,25). The molecule has 1 aromatic carbocycles. The molecule has 1 saturated heterocycles. The Hall–Kier alpha value is -2.69. The third-order valence-electron chi connectivity index (χ3n) is 5.00. The molecule has 5 nitrogen and oxygen atoms in total. The highest BCUT2D eigenvalue weighted by atomic mass is 16.4. The Morgan fingerprint density at radius 2 is 1.96 bits per heavy atom. The molecule has 25 heavy (non-hydrogen) atoms. The van der Waals surface area contributed by atoms with Crippen molar-refractivity contribution >= 4 is 11.9 Å². The molecule has 3 rings (SSSR count). The topological polar surface area (TPSA) is 70.5 Å². The third-order valence-corrected chi connectivity index (χ3v) is 5.00. The van der Waals surface area contributed by atoms with Crippen molar-refractivity contribution in [2.45, 2.75) is 25.7 Å². The number of hydrogen-bond acceptors (Lipinski definition) is 3. The molecule has 2 unspecified atom stereocenters. The van der Waals surface area contributed by atoms with Crippen LogP contribution in [0.2, 0.25) is 0 Å². The highest BCUT2D eigenvalue weighted by molar-refractivity contribution is 5.95. The van der Waals surface area contributed by atoms with Crippen LogP contribution < -0.4 is 0 Å². The summed E-state index contributed by atoms with van der Waals surface area (Å²) in [6.45, 7) is 3.59. The Morgan fingerprint density at radius 1 is 1.20 bits per heavy atom. The van der Waals surface area contributed by atoms with Crippen molar-refractivity contribution in [2.75, 3.05) is 13.1 Å². The van der Waals surface area contributed by atoms with Gasteiger partial charge in [-0.2, -0.15) is 0 Å². The molecule has 1 N–H and O–H groups in total. The number of nitrogens with zero attached hydrogens (tertiary/aromatic N) is 2. The molecule has 0 aliphatic carbocycles. The van der Waals surface area contributed by atoms with Crippen LogP contribution in [-0.4, -0.2) is 40.0 Å². The summed E-state index contributed by atoms with van der Waals surface area (Å²) in [5.74, 6) is -0.266.